The molecule has 0 spiro atoms. The lowest BCUT2D eigenvalue weighted by molar-refractivity contribution is -0.357. The molecular formula is C13H17F3N2O5. The van der Waals surface area contributed by atoms with Crippen molar-refractivity contribution in [2.24, 2.45) is 0 Å². The summed E-state index contributed by atoms with van der Waals surface area (Å²) in [7, 11) is 0. The number of rotatable bonds is 6. The van der Waals surface area contributed by atoms with E-state index >= 15 is 0 Å². The highest BCUT2D eigenvalue weighted by atomic mass is 19.4. The molecule has 7 nitrogen and oxygen atoms in total. The Bertz CT molecular complexity index is 498. The van der Waals surface area contributed by atoms with Gasteiger partial charge in [-0.25, -0.2) is 4.79 Å². The van der Waals surface area contributed by atoms with Crippen LogP contribution in [0.4, 0.5) is 18.0 Å². The van der Waals surface area contributed by atoms with Crippen LogP contribution in [-0.4, -0.2) is 53.4 Å². The third-order valence-corrected chi connectivity index (χ3v) is 4.61. The molecule has 2 amide bonds. The van der Waals surface area contributed by atoms with Crippen molar-refractivity contribution in [1.82, 2.24) is 10.6 Å². The van der Waals surface area contributed by atoms with Crippen molar-refractivity contribution in [3.63, 3.8) is 0 Å². The first kappa shape index (κ1) is 16.3. The third-order valence-electron chi connectivity index (χ3n) is 4.61. The molecule has 4 aliphatic carbocycles. The summed E-state index contributed by atoms with van der Waals surface area (Å²) in [6.45, 7) is -0.218. The molecule has 0 aromatic rings. The van der Waals surface area contributed by atoms with Crippen LogP contribution < -0.4 is 10.6 Å². The maximum Gasteiger partial charge on any atom is 0.522 e. The van der Waals surface area contributed by atoms with E-state index in [0.717, 1.165) is 0 Å². The molecule has 2 bridgehead atoms. The van der Waals surface area contributed by atoms with Crippen LogP contribution in [0.5, 0.6) is 0 Å². The fourth-order valence-electron chi connectivity index (χ4n) is 3.74. The SMILES string of the molecule is O=C(O)NC12CC(NC(=O)CO[C@H]3C[C@H](OC(F)(F)F)C3)(C1)C2. The summed E-state index contributed by atoms with van der Waals surface area (Å²) in [4.78, 5) is 22.4. The molecule has 3 N–H and O–H groups in total. The molecule has 130 valence electrons. The van der Waals surface area contributed by atoms with E-state index in [0.29, 0.717) is 19.3 Å². The number of amides is 2. The van der Waals surface area contributed by atoms with E-state index < -0.39 is 30.2 Å². The highest BCUT2D eigenvalue weighted by Crippen LogP contribution is 2.60. The number of alkyl halides is 3. The predicted octanol–water partition coefficient (Wildman–Crippen LogP) is 1.13. The van der Waals surface area contributed by atoms with Crippen LogP contribution in [0, 0.1) is 0 Å². The van der Waals surface area contributed by atoms with Crippen molar-refractivity contribution >= 4 is 12.0 Å². The minimum Gasteiger partial charge on any atom is -0.465 e. The van der Waals surface area contributed by atoms with Crippen LogP contribution in [0.15, 0.2) is 0 Å². The average molecular weight is 338 g/mol. The van der Waals surface area contributed by atoms with Gasteiger partial charge >= 0.3 is 12.5 Å². The minimum atomic E-state index is -4.64. The second-order valence-corrected chi connectivity index (χ2v) is 6.66. The van der Waals surface area contributed by atoms with Gasteiger partial charge in [-0.05, 0) is 19.3 Å². The summed E-state index contributed by atoms with van der Waals surface area (Å²) in [5, 5.41) is 13.9. The van der Waals surface area contributed by atoms with Gasteiger partial charge in [-0.15, -0.1) is 13.2 Å². The Kier molecular flexibility index (Phi) is 3.71. The van der Waals surface area contributed by atoms with Gasteiger partial charge in [0.05, 0.1) is 17.7 Å². The maximum absolute atomic E-state index is 11.9. The van der Waals surface area contributed by atoms with Crippen LogP contribution in [-0.2, 0) is 14.3 Å². The summed E-state index contributed by atoms with van der Waals surface area (Å²) in [6, 6.07) is 0. The minimum absolute atomic E-state index is 0.115. The molecule has 0 aromatic heterocycles. The summed E-state index contributed by atoms with van der Waals surface area (Å²) in [5.41, 5.74) is -0.763. The van der Waals surface area contributed by atoms with E-state index in [-0.39, 0.29) is 30.9 Å². The topological polar surface area (TPSA) is 96.9 Å². The summed E-state index contributed by atoms with van der Waals surface area (Å²) >= 11 is 0. The Hall–Kier alpha value is -1.55. The van der Waals surface area contributed by atoms with Gasteiger partial charge in [-0.2, -0.15) is 0 Å². The number of carbonyl (C=O) groups is 2. The summed E-state index contributed by atoms with van der Waals surface area (Å²) < 4.78 is 44.9. The molecule has 0 aliphatic heterocycles. The Morgan fingerprint density at radius 2 is 1.65 bits per heavy atom. The van der Waals surface area contributed by atoms with E-state index in [9.17, 15) is 22.8 Å². The van der Waals surface area contributed by atoms with Gasteiger partial charge in [-0.1, -0.05) is 0 Å². The van der Waals surface area contributed by atoms with Crippen molar-refractivity contribution in [2.75, 3.05) is 6.61 Å². The molecule has 4 aliphatic rings. The first-order valence-corrected chi connectivity index (χ1v) is 7.27. The van der Waals surface area contributed by atoms with E-state index in [1.54, 1.807) is 0 Å². The largest absolute Gasteiger partial charge is 0.522 e. The molecule has 0 aromatic carbocycles. The van der Waals surface area contributed by atoms with Gasteiger partial charge < -0.3 is 20.5 Å². The van der Waals surface area contributed by atoms with Crippen molar-refractivity contribution in [2.45, 2.75) is 61.8 Å². The quantitative estimate of drug-likeness (QED) is 0.675. The van der Waals surface area contributed by atoms with E-state index in [4.69, 9.17) is 9.84 Å². The number of nitrogens with one attached hydrogen (secondary N) is 2. The van der Waals surface area contributed by atoms with Crippen LogP contribution >= 0.6 is 0 Å². The fraction of sp³-hybridized carbons (Fsp3) is 0.846. The standard InChI is InChI=1S/C13H17F3N2O5/c14-13(15,16)23-8-1-7(2-8)22-3-9(19)17-11-4-12(5-11,6-11)18-10(20)21/h7-8,18H,1-6H2,(H,17,19)(H,20,21)/t7-,8-,11?,12?. The molecule has 0 unspecified atom stereocenters. The molecule has 4 rings (SSSR count). The number of halogens is 3. The van der Waals surface area contributed by atoms with Gasteiger partial charge in [0.25, 0.3) is 0 Å². The Morgan fingerprint density at radius 1 is 1.09 bits per heavy atom. The van der Waals surface area contributed by atoms with Crippen LogP contribution in [0.25, 0.3) is 0 Å². The molecule has 0 radical (unpaired) electrons. The number of hydrogen-bond donors (Lipinski definition) is 3. The smallest absolute Gasteiger partial charge is 0.465 e. The van der Waals surface area contributed by atoms with Crippen molar-refractivity contribution < 1.29 is 37.3 Å². The Labute approximate surface area is 129 Å². The molecule has 0 atom stereocenters. The van der Waals surface area contributed by atoms with Crippen molar-refractivity contribution in [1.29, 1.82) is 0 Å². The first-order valence-electron chi connectivity index (χ1n) is 7.27. The summed E-state index contributed by atoms with van der Waals surface area (Å²) in [6.07, 6.45) is -5.11. The molecule has 10 heteroatoms. The van der Waals surface area contributed by atoms with Crippen LogP contribution in [0.2, 0.25) is 0 Å². The summed E-state index contributed by atoms with van der Waals surface area (Å²) in [5.74, 6) is -0.339. The number of carbonyl (C=O) groups excluding carboxylic acids is 1. The zero-order valence-electron chi connectivity index (χ0n) is 12.1. The molecular weight excluding hydrogens is 321 g/mol. The second kappa shape index (κ2) is 5.23. The molecule has 23 heavy (non-hydrogen) atoms. The van der Waals surface area contributed by atoms with E-state index in [1.165, 1.54) is 0 Å². The maximum atomic E-state index is 11.9. The Balaban J connectivity index is 1.29. The molecule has 4 fully saturated rings. The van der Waals surface area contributed by atoms with Crippen molar-refractivity contribution in [3.05, 3.63) is 0 Å². The predicted molar refractivity (Wildman–Crippen MR) is 68.5 cm³/mol. The highest BCUT2D eigenvalue weighted by molar-refractivity contribution is 5.79. The highest BCUT2D eigenvalue weighted by Gasteiger charge is 2.69. The lowest BCUT2D eigenvalue weighted by atomic mass is 9.44. The van der Waals surface area contributed by atoms with E-state index in [2.05, 4.69) is 15.4 Å². The molecule has 0 saturated heterocycles. The normalized spacial score (nSPS) is 37.9. The second-order valence-electron chi connectivity index (χ2n) is 6.66. The fourth-order valence-corrected chi connectivity index (χ4v) is 3.74. The lowest BCUT2D eigenvalue weighted by Crippen LogP contribution is -2.83. The number of hydrogen-bond acceptors (Lipinski definition) is 4. The van der Waals surface area contributed by atoms with Gasteiger partial charge in [0.15, 0.2) is 0 Å². The lowest BCUT2D eigenvalue weighted by Gasteiger charge is -2.69. The van der Waals surface area contributed by atoms with Crippen LogP contribution in [0.1, 0.15) is 32.1 Å². The zero-order valence-corrected chi connectivity index (χ0v) is 12.1. The van der Waals surface area contributed by atoms with E-state index in [1.807, 2.05) is 0 Å². The van der Waals surface area contributed by atoms with Gasteiger partial charge in [0, 0.05) is 18.4 Å². The molecule has 4 saturated carbocycles. The number of carboxylic acid groups (broad SMARTS) is 1. The van der Waals surface area contributed by atoms with Crippen LogP contribution in [0.3, 0.4) is 0 Å². The number of ether oxygens (including phenoxy) is 2. The van der Waals surface area contributed by atoms with Gasteiger partial charge in [0.1, 0.15) is 6.61 Å². The van der Waals surface area contributed by atoms with Gasteiger partial charge in [0.2, 0.25) is 5.91 Å². The average Bonchev–Trinajstić information content (AvgIpc) is 2.25. The first-order chi connectivity index (χ1) is 10.6. The van der Waals surface area contributed by atoms with Gasteiger partial charge in [-0.3, -0.25) is 9.53 Å². The van der Waals surface area contributed by atoms with Crippen molar-refractivity contribution in [3.8, 4) is 0 Å². The third kappa shape index (κ3) is 3.52. The zero-order chi connectivity index (χ0) is 16.9. The monoisotopic (exact) mass is 338 g/mol. The Morgan fingerprint density at radius 3 is 2.17 bits per heavy atom. The molecule has 0 heterocycles.